The third-order valence-corrected chi connectivity index (χ3v) is 6.03. The van der Waals surface area contributed by atoms with E-state index in [0.29, 0.717) is 6.61 Å². The van der Waals surface area contributed by atoms with Crippen LogP contribution in [0.1, 0.15) is 47.2 Å². The van der Waals surface area contributed by atoms with Gasteiger partial charge in [0.2, 0.25) is 0 Å². The standard InChI is InChI=1S/C25H33N5O2/c1-18-21(19(2)30(3)29-18)10-6-14-26-25(27-15-12-20-8-7-16-31-20)28-23-13-17-32-24-11-5-4-9-22(23)24/h4-5,7-9,11,16,23H,6,10,12-15,17H2,1-3H3,(H2,26,27,28). The highest BCUT2D eigenvalue weighted by molar-refractivity contribution is 5.80. The molecule has 1 unspecified atom stereocenters. The monoisotopic (exact) mass is 435 g/mol. The number of aliphatic imine (C=N–C) groups is 1. The average molecular weight is 436 g/mol. The van der Waals surface area contributed by atoms with Gasteiger partial charge in [0.15, 0.2) is 5.96 Å². The van der Waals surface area contributed by atoms with Gasteiger partial charge in [-0.25, -0.2) is 0 Å². The maximum atomic E-state index is 5.82. The quantitative estimate of drug-likeness (QED) is 0.319. The van der Waals surface area contributed by atoms with Crippen molar-refractivity contribution in [3.8, 4) is 5.75 Å². The Morgan fingerprint density at radius 3 is 2.84 bits per heavy atom. The summed E-state index contributed by atoms with van der Waals surface area (Å²) in [5.74, 6) is 2.75. The number of fused-ring (bicyclic) bond motifs is 1. The third-order valence-electron chi connectivity index (χ3n) is 6.03. The van der Waals surface area contributed by atoms with E-state index in [9.17, 15) is 0 Å². The van der Waals surface area contributed by atoms with Gasteiger partial charge in [0.25, 0.3) is 0 Å². The molecule has 1 atom stereocenters. The van der Waals surface area contributed by atoms with Gasteiger partial charge in [-0.05, 0) is 50.5 Å². The minimum absolute atomic E-state index is 0.178. The van der Waals surface area contributed by atoms with Crippen molar-refractivity contribution in [2.24, 2.45) is 12.0 Å². The molecule has 3 heterocycles. The second-order valence-electron chi connectivity index (χ2n) is 8.23. The first kappa shape index (κ1) is 22.0. The van der Waals surface area contributed by atoms with Gasteiger partial charge in [0.05, 0.1) is 24.6 Å². The summed E-state index contributed by atoms with van der Waals surface area (Å²) < 4.78 is 13.2. The lowest BCUT2D eigenvalue weighted by Gasteiger charge is -2.28. The lowest BCUT2D eigenvalue weighted by molar-refractivity contribution is 0.261. The summed E-state index contributed by atoms with van der Waals surface area (Å²) >= 11 is 0. The number of aryl methyl sites for hydroxylation is 2. The molecule has 1 aliphatic rings. The molecular weight excluding hydrogens is 402 g/mol. The number of nitrogens with zero attached hydrogens (tertiary/aromatic N) is 3. The molecule has 0 radical (unpaired) electrons. The molecule has 3 aromatic rings. The minimum atomic E-state index is 0.178. The topological polar surface area (TPSA) is 76.6 Å². The molecule has 0 saturated carbocycles. The van der Waals surface area contributed by atoms with E-state index in [-0.39, 0.29) is 6.04 Å². The van der Waals surface area contributed by atoms with Crippen molar-refractivity contribution < 1.29 is 9.15 Å². The van der Waals surface area contributed by atoms with Gasteiger partial charge in [-0.2, -0.15) is 5.10 Å². The van der Waals surface area contributed by atoms with Crippen molar-refractivity contribution in [1.29, 1.82) is 0 Å². The van der Waals surface area contributed by atoms with E-state index in [1.165, 1.54) is 16.8 Å². The number of nitrogens with one attached hydrogen (secondary N) is 2. The van der Waals surface area contributed by atoms with Crippen LogP contribution in [-0.4, -0.2) is 35.4 Å². The number of rotatable bonds is 8. The normalized spacial score (nSPS) is 15.8. The van der Waals surface area contributed by atoms with Crippen LogP contribution in [0.25, 0.3) is 0 Å². The number of ether oxygens (including phenoxy) is 1. The van der Waals surface area contributed by atoms with Gasteiger partial charge >= 0.3 is 0 Å². The summed E-state index contributed by atoms with van der Waals surface area (Å²) in [4.78, 5) is 4.89. The zero-order chi connectivity index (χ0) is 22.3. The Kier molecular flexibility index (Phi) is 7.14. The van der Waals surface area contributed by atoms with Crippen LogP contribution < -0.4 is 15.4 Å². The number of hydrogen-bond acceptors (Lipinski definition) is 4. The summed E-state index contributed by atoms with van der Waals surface area (Å²) in [6.07, 6.45) is 5.39. The molecule has 7 nitrogen and oxygen atoms in total. The zero-order valence-corrected chi connectivity index (χ0v) is 19.2. The third kappa shape index (κ3) is 5.33. The maximum Gasteiger partial charge on any atom is 0.191 e. The Morgan fingerprint density at radius 2 is 2.06 bits per heavy atom. The highest BCUT2D eigenvalue weighted by Crippen LogP contribution is 2.31. The van der Waals surface area contributed by atoms with Crippen LogP contribution in [0.15, 0.2) is 52.1 Å². The summed E-state index contributed by atoms with van der Waals surface area (Å²) in [7, 11) is 2.00. The van der Waals surface area contributed by atoms with E-state index < -0.39 is 0 Å². The molecular formula is C25H33N5O2. The van der Waals surface area contributed by atoms with Crippen molar-refractivity contribution in [2.75, 3.05) is 19.7 Å². The van der Waals surface area contributed by atoms with Crippen LogP contribution in [-0.2, 0) is 19.9 Å². The van der Waals surface area contributed by atoms with Gasteiger partial charge in [-0.1, -0.05) is 18.2 Å². The molecule has 0 spiro atoms. The maximum absolute atomic E-state index is 5.82. The molecule has 4 rings (SSSR count). The molecule has 0 aliphatic carbocycles. The Balaban J connectivity index is 1.40. The van der Waals surface area contributed by atoms with E-state index in [4.69, 9.17) is 14.1 Å². The summed E-state index contributed by atoms with van der Waals surface area (Å²) in [5.41, 5.74) is 4.87. The largest absolute Gasteiger partial charge is 0.493 e. The van der Waals surface area contributed by atoms with E-state index in [1.807, 2.05) is 36.0 Å². The summed E-state index contributed by atoms with van der Waals surface area (Å²) in [6.45, 7) is 6.41. The fraction of sp³-hybridized carbons (Fsp3) is 0.440. The second kappa shape index (κ2) is 10.4. The van der Waals surface area contributed by atoms with E-state index >= 15 is 0 Å². The number of guanidine groups is 1. The average Bonchev–Trinajstić information content (AvgIpc) is 3.40. The lowest BCUT2D eigenvalue weighted by atomic mass is 10.0. The summed E-state index contributed by atoms with van der Waals surface area (Å²) in [5, 5.41) is 11.6. The molecule has 2 N–H and O–H groups in total. The number of benzene rings is 1. The first-order chi connectivity index (χ1) is 15.6. The molecule has 0 bridgehead atoms. The molecule has 0 amide bonds. The van der Waals surface area contributed by atoms with E-state index in [2.05, 4.69) is 41.7 Å². The highest BCUT2D eigenvalue weighted by atomic mass is 16.5. The van der Waals surface area contributed by atoms with Gasteiger partial charge in [0, 0.05) is 44.2 Å². The molecule has 0 fully saturated rings. The van der Waals surface area contributed by atoms with Crippen molar-refractivity contribution in [3.05, 3.63) is 70.9 Å². The Morgan fingerprint density at radius 1 is 1.19 bits per heavy atom. The highest BCUT2D eigenvalue weighted by Gasteiger charge is 2.22. The number of furan rings is 1. The van der Waals surface area contributed by atoms with Crippen molar-refractivity contribution in [3.63, 3.8) is 0 Å². The fourth-order valence-corrected chi connectivity index (χ4v) is 4.19. The predicted octanol–water partition coefficient (Wildman–Crippen LogP) is 3.86. The second-order valence-corrected chi connectivity index (χ2v) is 8.23. The van der Waals surface area contributed by atoms with Crippen molar-refractivity contribution in [1.82, 2.24) is 20.4 Å². The SMILES string of the molecule is Cc1nn(C)c(C)c1CCCN=C(NCCc1ccco1)NC1CCOc2ccccc21. The molecule has 1 aliphatic heterocycles. The molecule has 7 heteroatoms. The summed E-state index contributed by atoms with van der Waals surface area (Å²) in [6, 6.07) is 12.3. The lowest BCUT2D eigenvalue weighted by Crippen LogP contribution is -2.42. The van der Waals surface area contributed by atoms with Crippen LogP contribution >= 0.6 is 0 Å². The Hall–Kier alpha value is -3.22. The van der Waals surface area contributed by atoms with E-state index in [0.717, 1.165) is 61.9 Å². The van der Waals surface area contributed by atoms with Crippen LogP contribution in [0.5, 0.6) is 5.75 Å². The van der Waals surface area contributed by atoms with E-state index in [1.54, 1.807) is 6.26 Å². The zero-order valence-electron chi connectivity index (χ0n) is 19.2. The van der Waals surface area contributed by atoms with Gasteiger partial charge < -0.3 is 19.8 Å². The van der Waals surface area contributed by atoms with Crippen LogP contribution in [0.3, 0.4) is 0 Å². The predicted molar refractivity (Wildman–Crippen MR) is 126 cm³/mol. The van der Waals surface area contributed by atoms with Crippen LogP contribution in [0, 0.1) is 13.8 Å². The number of hydrogen-bond donors (Lipinski definition) is 2. The first-order valence-electron chi connectivity index (χ1n) is 11.4. The molecule has 1 aromatic carbocycles. The Labute approximate surface area is 189 Å². The van der Waals surface area contributed by atoms with Crippen LogP contribution in [0.4, 0.5) is 0 Å². The molecule has 0 saturated heterocycles. The first-order valence-corrected chi connectivity index (χ1v) is 11.4. The van der Waals surface area contributed by atoms with Gasteiger partial charge in [0.1, 0.15) is 11.5 Å². The van der Waals surface area contributed by atoms with Crippen LogP contribution in [0.2, 0.25) is 0 Å². The molecule has 32 heavy (non-hydrogen) atoms. The van der Waals surface area contributed by atoms with Gasteiger partial charge in [-0.3, -0.25) is 9.67 Å². The minimum Gasteiger partial charge on any atom is -0.493 e. The molecule has 2 aromatic heterocycles. The van der Waals surface area contributed by atoms with Gasteiger partial charge in [-0.15, -0.1) is 0 Å². The van der Waals surface area contributed by atoms with Crippen molar-refractivity contribution in [2.45, 2.75) is 45.6 Å². The fourth-order valence-electron chi connectivity index (χ4n) is 4.19. The smallest absolute Gasteiger partial charge is 0.191 e. The molecule has 170 valence electrons. The van der Waals surface area contributed by atoms with Crippen molar-refractivity contribution >= 4 is 5.96 Å². The number of para-hydroxylation sites is 1. The Bertz CT molecular complexity index is 1040. The number of aromatic nitrogens is 2.